The number of hydrogen-bond donors (Lipinski definition) is 2. The Morgan fingerprint density at radius 3 is 2.52 bits per heavy atom. The average molecular weight is 379 g/mol. The lowest BCUT2D eigenvalue weighted by Gasteiger charge is -2.21. The lowest BCUT2D eigenvalue weighted by molar-refractivity contribution is -0.0172. The monoisotopic (exact) mass is 379 g/mol. The van der Waals surface area contributed by atoms with Gasteiger partial charge in [0.15, 0.2) is 12.8 Å². The molecular formula is C19H20F3N3O2. The van der Waals surface area contributed by atoms with Crippen molar-refractivity contribution in [2.24, 2.45) is 4.99 Å². The summed E-state index contributed by atoms with van der Waals surface area (Å²) in [6, 6.07) is 6.18. The average Bonchev–Trinajstić information content (AvgIpc) is 2.63. The molecule has 144 valence electrons. The molecule has 0 atom stereocenters. The molecule has 0 bridgehead atoms. The van der Waals surface area contributed by atoms with Crippen molar-refractivity contribution in [1.82, 2.24) is 10.6 Å². The molecule has 0 aromatic heterocycles. The first-order chi connectivity index (χ1) is 13.0. The summed E-state index contributed by atoms with van der Waals surface area (Å²) in [7, 11) is 1.59. The van der Waals surface area contributed by atoms with Gasteiger partial charge in [0.1, 0.15) is 23.2 Å². The summed E-state index contributed by atoms with van der Waals surface area (Å²) in [6.45, 7) is 1.15. The van der Waals surface area contributed by atoms with Crippen LogP contribution < -0.4 is 15.4 Å². The van der Waals surface area contributed by atoms with Gasteiger partial charge in [0.2, 0.25) is 0 Å². The Morgan fingerprint density at radius 2 is 1.78 bits per heavy atom. The minimum Gasteiger partial charge on any atom is -0.467 e. The third kappa shape index (κ3) is 5.13. The number of nitrogens with zero attached hydrogens (tertiary/aromatic N) is 1. The highest BCUT2D eigenvalue weighted by Gasteiger charge is 2.16. The molecule has 0 saturated carbocycles. The SMILES string of the molecule is CN=C(NCCc1cc(F)cc2c1OCOC2)NCc1cc(F)cc(F)c1. The highest BCUT2D eigenvalue weighted by Crippen LogP contribution is 2.29. The largest absolute Gasteiger partial charge is 0.467 e. The van der Waals surface area contributed by atoms with E-state index in [-0.39, 0.29) is 19.2 Å². The van der Waals surface area contributed by atoms with Crippen LogP contribution in [-0.2, 0) is 24.3 Å². The second kappa shape index (κ2) is 8.77. The Balaban J connectivity index is 1.55. The van der Waals surface area contributed by atoms with Crippen LogP contribution in [0.15, 0.2) is 35.3 Å². The van der Waals surface area contributed by atoms with Crippen LogP contribution in [0.25, 0.3) is 0 Å². The summed E-state index contributed by atoms with van der Waals surface area (Å²) in [5.74, 6) is -0.477. The highest BCUT2D eigenvalue weighted by atomic mass is 19.1. The molecule has 0 spiro atoms. The molecule has 2 aromatic carbocycles. The molecule has 8 heteroatoms. The van der Waals surface area contributed by atoms with E-state index in [9.17, 15) is 13.2 Å². The molecule has 1 aliphatic rings. The number of rotatable bonds is 5. The van der Waals surface area contributed by atoms with Crippen molar-refractivity contribution in [3.05, 3.63) is 64.5 Å². The van der Waals surface area contributed by atoms with Crippen molar-refractivity contribution in [2.75, 3.05) is 20.4 Å². The predicted molar refractivity (Wildman–Crippen MR) is 94.9 cm³/mol. The first-order valence-electron chi connectivity index (χ1n) is 8.46. The first-order valence-corrected chi connectivity index (χ1v) is 8.46. The maximum Gasteiger partial charge on any atom is 0.191 e. The van der Waals surface area contributed by atoms with Crippen LogP contribution in [0.2, 0.25) is 0 Å². The van der Waals surface area contributed by atoms with E-state index >= 15 is 0 Å². The number of guanidine groups is 1. The van der Waals surface area contributed by atoms with Gasteiger partial charge in [0, 0.05) is 31.8 Å². The lowest BCUT2D eigenvalue weighted by Crippen LogP contribution is -2.38. The highest BCUT2D eigenvalue weighted by molar-refractivity contribution is 5.79. The van der Waals surface area contributed by atoms with Crippen LogP contribution in [0.5, 0.6) is 5.75 Å². The van der Waals surface area contributed by atoms with Gasteiger partial charge in [-0.3, -0.25) is 4.99 Å². The third-order valence-electron chi connectivity index (χ3n) is 4.04. The van der Waals surface area contributed by atoms with Crippen molar-refractivity contribution in [2.45, 2.75) is 19.6 Å². The van der Waals surface area contributed by atoms with Gasteiger partial charge in [0.25, 0.3) is 0 Å². The smallest absolute Gasteiger partial charge is 0.191 e. The Kier molecular flexibility index (Phi) is 6.18. The van der Waals surface area contributed by atoms with E-state index in [4.69, 9.17) is 9.47 Å². The van der Waals surface area contributed by atoms with Crippen molar-refractivity contribution < 1.29 is 22.6 Å². The second-order valence-corrected chi connectivity index (χ2v) is 6.04. The summed E-state index contributed by atoms with van der Waals surface area (Å²) in [5.41, 5.74) is 1.89. The van der Waals surface area contributed by atoms with E-state index in [1.165, 1.54) is 24.3 Å². The fraction of sp³-hybridized carbons (Fsp3) is 0.316. The fourth-order valence-corrected chi connectivity index (χ4v) is 2.88. The van der Waals surface area contributed by atoms with Gasteiger partial charge in [-0.2, -0.15) is 0 Å². The second-order valence-electron chi connectivity index (χ2n) is 6.04. The predicted octanol–water partition coefficient (Wildman–Crippen LogP) is 2.88. The van der Waals surface area contributed by atoms with E-state index < -0.39 is 11.6 Å². The molecule has 27 heavy (non-hydrogen) atoms. The van der Waals surface area contributed by atoms with Gasteiger partial charge in [-0.25, -0.2) is 13.2 Å². The minimum absolute atomic E-state index is 0.145. The quantitative estimate of drug-likeness (QED) is 0.620. The molecule has 0 amide bonds. The van der Waals surface area contributed by atoms with E-state index in [2.05, 4.69) is 15.6 Å². The van der Waals surface area contributed by atoms with E-state index in [1.807, 2.05) is 0 Å². The van der Waals surface area contributed by atoms with Crippen LogP contribution in [0.3, 0.4) is 0 Å². The lowest BCUT2D eigenvalue weighted by atomic mass is 10.1. The van der Waals surface area contributed by atoms with Crippen molar-refractivity contribution in [3.63, 3.8) is 0 Å². The van der Waals surface area contributed by atoms with Crippen molar-refractivity contribution in [3.8, 4) is 5.75 Å². The zero-order chi connectivity index (χ0) is 19.2. The fourth-order valence-electron chi connectivity index (χ4n) is 2.88. The molecule has 5 nitrogen and oxygen atoms in total. The molecule has 0 saturated heterocycles. The zero-order valence-electron chi connectivity index (χ0n) is 14.8. The Morgan fingerprint density at radius 1 is 1.04 bits per heavy atom. The standard InChI is InChI=1S/C19H20F3N3O2/c1-23-19(25-9-12-4-15(20)8-16(21)5-12)24-3-2-13-6-17(22)7-14-10-26-11-27-18(13)14/h4-8H,2-3,9-11H2,1H3,(H2,23,24,25). The van der Waals surface area contributed by atoms with Crippen molar-refractivity contribution in [1.29, 1.82) is 0 Å². The summed E-state index contributed by atoms with van der Waals surface area (Å²) >= 11 is 0. The summed E-state index contributed by atoms with van der Waals surface area (Å²) in [4.78, 5) is 4.07. The molecule has 0 aliphatic carbocycles. The Hall–Kier alpha value is -2.74. The van der Waals surface area contributed by atoms with E-state index in [1.54, 1.807) is 7.05 Å². The number of benzene rings is 2. The topological polar surface area (TPSA) is 54.9 Å². The number of aliphatic imine (C=N–C) groups is 1. The molecule has 3 rings (SSSR count). The normalized spacial score (nSPS) is 13.7. The van der Waals surface area contributed by atoms with Gasteiger partial charge in [0.05, 0.1) is 6.61 Å². The van der Waals surface area contributed by atoms with Gasteiger partial charge >= 0.3 is 0 Å². The van der Waals surface area contributed by atoms with Crippen LogP contribution in [-0.4, -0.2) is 26.3 Å². The van der Waals surface area contributed by atoms with Gasteiger partial charge in [-0.1, -0.05) is 0 Å². The molecule has 0 radical (unpaired) electrons. The molecule has 1 aliphatic heterocycles. The summed E-state index contributed by atoms with van der Waals surface area (Å²) in [5, 5.41) is 6.07. The molecular weight excluding hydrogens is 359 g/mol. The third-order valence-corrected chi connectivity index (χ3v) is 4.04. The summed E-state index contributed by atoms with van der Waals surface area (Å²) in [6.07, 6.45) is 0.509. The van der Waals surface area contributed by atoms with E-state index in [0.29, 0.717) is 42.4 Å². The molecule has 2 N–H and O–H groups in total. The minimum atomic E-state index is -0.630. The van der Waals surface area contributed by atoms with Gasteiger partial charge in [-0.15, -0.1) is 0 Å². The number of hydrogen-bond acceptors (Lipinski definition) is 3. The van der Waals surface area contributed by atoms with Gasteiger partial charge in [-0.05, 0) is 41.8 Å². The molecule has 0 fully saturated rings. The Bertz CT molecular complexity index is 823. The molecule has 1 heterocycles. The number of nitrogens with one attached hydrogen (secondary N) is 2. The van der Waals surface area contributed by atoms with Crippen molar-refractivity contribution >= 4 is 5.96 Å². The van der Waals surface area contributed by atoms with Crippen LogP contribution >= 0.6 is 0 Å². The summed E-state index contributed by atoms with van der Waals surface area (Å²) < 4.78 is 50.9. The number of fused-ring (bicyclic) bond motifs is 1. The van der Waals surface area contributed by atoms with E-state index in [0.717, 1.165) is 11.6 Å². The maximum absolute atomic E-state index is 13.8. The number of halogens is 3. The van der Waals surface area contributed by atoms with Crippen LogP contribution in [0.1, 0.15) is 16.7 Å². The first kappa shape index (κ1) is 19.0. The van der Waals surface area contributed by atoms with Crippen LogP contribution in [0, 0.1) is 17.5 Å². The van der Waals surface area contributed by atoms with Crippen LogP contribution in [0.4, 0.5) is 13.2 Å². The zero-order valence-corrected chi connectivity index (χ0v) is 14.8. The molecule has 2 aromatic rings. The van der Waals surface area contributed by atoms with Gasteiger partial charge < -0.3 is 20.1 Å². The Labute approximate surface area is 155 Å². The maximum atomic E-state index is 13.8. The number of ether oxygens (including phenoxy) is 2. The molecule has 0 unspecified atom stereocenters.